The van der Waals surface area contributed by atoms with E-state index in [1.54, 1.807) is 0 Å². The average Bonchev–Trinajstić information content (AvgIpc) is 3.06. The van der Waals surface area contributed by atoms with Gasteiger partial charge < -0.3 is 0 Å². The summed E-state index contributed by atoms with van der Waals surface area (Å²) >= 11 is 0. The van der Waals surface area contributed by atoms with Crippen LogP contribution in [0.2, 0.25) is 0 Å². The Kier molecular flexibility index (Phi) is 6.13. The molecule has 0 aliphatic carbocycles. The van der Waals surface area contributed by atoms with Gasteiger partial charge in [-0.25, -0.2) is 0 Å². The Bertz CT molecular complexity index is 2350. The van der Waals surface area contributed by atoms with Crippen molar-refractivity contribution in [2.45, 2.75) is 26.2 Å². The molecule has 0 amide bonds. The zero-order chi connectivity index (χ0) is 29.8. The molecule has 210 valence electrons. The molecule has 0 unspecified atom stereocenters. The second kappa shape index (κ2) is 10.2. The second-order valence-electron chi connectivity index (χ2n) is 12.9. The lowest BCUT2D eigenvalue weighted by Crippen LogP contribution is -2.10. The van der Waals surface area contributed by atoms with Gasteiger partial charge in [-0.05, 0) is 99.6 Å². The monoisotopic (exact) mass is 562 g/mol. The van der Waals surface area contributed by atoms with Crippen LogP contribution >= 0.6 is 0 Å². The van der Waals surface area contributed by atoms with Gasteiger partial charge >= 0.3 is 0 Å². The molecular weight excluding hydrogens is 528 g/mol. The highest BCUT2D eigenvalue weighted by Crippen LogP contribution is 2.47. The third kappa shape index (κ3) is 4.29. The molecule has 0 nitrogen and oxygen atoms in total. The molecule has 8 aromatic rings. The van der Waals surface area contributed by atoms with Crippen LogP contribution in [0.4, 0.5) is 0 Å². The van der Waals surface area contributed by atoms with Gasteiger partial charge in [0.05, 0.1) is 0 Å². The van der Waals surface area contributed by atoms with Gasteiger partial charge in [0.25, 0.3) is 0 Å². The van der Waals surface area contributed by atoms with E-state index >= 15 is 0 Å². The fourth-order valence-electron chi connectivity index (χ4n) is 6.99. The minimum atomic E-state index is 0.0293. The van der Waals surface area contributed by atoms with Crippen LogP contribution in [0.25, 0.3) is 76.5 Å². The first kappa shape index (κ1) is 26.4. The van der Waals surface area contributed by atoms with E-state index < -0.39 is 0 Å². The predicted molar refractivity (Wildman–Crippen MR) is 191 cm³/mol. The number of benzene rings is 8. The fourth-order valence-corrected chi connectivity index (χ4v) is 6.99. The van der Waals surface area contributed by atoms with E-state index in [4.69, 9.17) is 0 Å². The molecule has 0 aliphatic heterocycles. The van der Waals surface area contributed by atoms with Crippen LogP contribution in [0.5, 0.6) is 0 Å². The van der Waals surface area contributed by atoms with Crippen LogP contribution < -0.4 is 0 Å². The molecular formula is C44H34. The Morgan fingerprint density at radius 2 is 0.932 bits per heavy atom. The summed E-state index contributed by atoms with van der Waals surface area (Å²) in [5.41, 5.74) is 8.97. The highest BCUT2D eigenvalue weighted by Gasteiger charge is 2.21. The number of fused-ring (bicyclic) bond motifs is 5. The van der Waals surface area contributed by atoms with Crippen molar-refractivity contribution in [3.8, 4) is 33.4 Å². The first-order valence-corrected chi connectivity index (χ1v) is 15.5. The van der Waals surface area contributed by atoms with E-state index in [2.05, 4.69) is 172 Å². The van der Waals surface area contributed by atoms with Gasteiger partial charge in [0.2, 0.25) is 0 Å². The second-order valence-corrected chi connectivity index (χ2v) is 12.9. The molecule has 0 saturated carbocycles. The van der Waals surface area contributed by atoms with E-state index in [-0.39, 0.29) is 5.41 Å². The molecule has 0 fully saturated rings. The molecule has 0 saturated heterocycles. The van der Waals surface area contributed by atoms with Crippen LogP contribution in [-0.4, -0.2) is 0 Å². The summed E-state index contributed by atoms with van der Waals surface area (Å²) in [5, 5.41) is 10.3. The smallest absolute Gasteiger partial charge is 0.00201 e. The third-order valence-electron chi connectivity index (χ3n) is 9.20. The van der Waals surface area contributed by atoms with Crippen LogP contribution in [0.3, 0.4) is 0 Å². The summed E-state index contributed by atoms with van der Waals surface area (Å²) in [4.78, 5) is 0. The Morgan fingerprint density at radius 3 is 1.73 bits per heavy atom. The molecule has 8 aromatic carbocycles. The molecule has 0 aliphatic rings. The fraction of sp³-hybridized carbons (Fsp3) is 0.0909. The van der Waals surface area contributed by atoms with Gasteiger partial charge in [0.15, 0.2) is 0 Å². The normalized spacial score (nSPS) is 12.0. The first-order chi connectivity index (χ1) is 21.5. The summed E-state index contributed by atoms with van der Waals surface area (Å²) in [5.74, 6) is 0. The minimum absolute atomic E-state index is 0.0293. The molecule has 44 heavy (non-hydrogen) atoms. The van der Waals surface area contributed by atoms with Gasteiger partial charge in [0, 0.05) is 0 Å². The van der Waals surface area contributed by atoms with Crippen molar-refractivity contribution in [2.75, 3.05) is 0 Å². The lowest BCUT2D eigenvalue weighted by Gasteiger charge is -2.23. The summed E-state index contributed by atoms with van der Waals surface area (Å²) in [6.07, 6.45) is 0. The predicted octanol–water partition coefficient (Wildman–Crippen LogP) is 12.6. The molecule has 0 spiro atoms. The summed E-state index contributed by atoms with van der Waals surface area (Å²) < 4.78 is 0. The topological polar surface area (TPSA) is 0 Å². The number of hydrogen-bond acceptors (Lipinski definition) is 0. The van der Waals surface area contributed by atoms with E-state index in [1.165, 1.54) is 82.0 Å². The highest BCUT2D eigenvalue weighted by atomic mass is 14.2. The van der Waals surface area contributed by atoms with E-state index in [0.717, 1.165) is 0 Å². The van der Waals surface area contributed by atoms with Crippen molar-refractivity contribution < 1.29 is 0 Å². The maximum absolute atomic E-state index is 2.45. The van der Waals surface area contributed by atoms with Crippen molar-refractivity contribution >= 4 is 43.1 Å². The van der Waals surface area contributed by atoms with Gasteiger partial charge in [0.1, 0.15) is 0 Å². The summed E-state index contributed by atoms with van der Waals surface area (Å²) in [6.45, 7) is 6.92. The van der Waals surface area contributed by atoms with Crippen LogP contribution in [0.1, 0.15) is 26.3 Å². The van der Waals surface area contributed by atoms with Crippen molar-refractivity contribution in [3.05, 3.63) is 157 Å². The lowest BCUT2D eigenvalue weighted by atomic mass is 9.80. The highest BCUT2D eigenvalue weighted by molar-refractivity contribution is 6.25. The van der Waals surface area contributed by atoms with E-state index in [1.807, 2.05) is 0 Å². The molecule has 0 N–H and O–H groups in total. The van der Waals surface area contributed by atoms with Gasteiger partial charge in [-0.15, -0.1) is 0 Å². The number of hydrogen-bond donors (Lipinski definition) is 0. The molecule has 0 radical (unpaired) electrons. The largest absolute Gasteiger partial charge is 0.0622 e. The molecule has 0 atom stereocenters. The Morgan fingerprint density at radius 1 is 0.341 bits per heavy atom. The Hall–Kier alpha value is -5.20. The van der Waals surface area contributed by atoms with Crippen molar-refractivity contribution in [2.24, 2.45) is 0 Å². The van der Waals surface area contributed by atoms with Gasteiger partial charge in [-0.3, -0.25) is 0 Å². The van der Waals surface area contributed by atoms with Gasteiger partial charge in [-0.2, -0.15) is 0 Å². The van der Waals surface area contributed by atoms with Crippen LogP contribution in [-0.2, 0) is 5.41 Å². The molecule has 0 bridgehead atoms. The van der Waals surface area contributed by atoms with E-state index in [0.29, 0.717) is 0 Å². The van der Waals surface area contributed by atoms with Gasteiger partial charge in [-0.1, -0.05) is 160 Å². The maximum atomic E-state index is 2.45. The zero-order valence-electron chi connectivity index (χ0n) is 25.4. The van der Waals surface area contributed by atoms with Crippen molar-refractivity contribution in [3.63, 3.8) is 0 Å². The quantitative estimate of drug-likeness (QED) is 0.148. The summed E-state index contributed by atoms with van der Waals surface area (Å²) in [6, 6.07) is 56.1. The Labute approximate surface area is 259 Å². The molecule has 0 heterocycles. The maximum Gasteiger partial charge on any atom is -0.00201 e. The van der Waals surface area contributed by atoms with E-state index in [9.17, 15) is 0 Å². The third-order valence-corrected chi connectivity index (χ3v) is 9.20. The standard InChI is InChI=1S/C44H34/c1-44(2,3)33-24-26-40-41(28-33)42(32-17-11-16-31(27-32)29-13-5-4-6-14-29)38-19-9-10-20-39(38)43(40)37-22-12-21-35-34-18-8-7-15-30(34)23-25-36(35)37/h4-28H,1-3H3. The minimum Gasteiger partial charge on any atom is -0.0622 e. The van der Waals surface area contributed by atoms with Crippen LogP contribution in [0, 0.1) is 0 Å². The summed E-state index contributed by atoms with van der Waals surface area (Å²) in [7, 11) is 0. The SMILES string of the molecule is CC(C)(C)c1ccc2c(-c3cccc4c3ccc3ccccc34)c3ccccc3c(-c3cccc(-c4ccccc4)c3)c2c1. The molecule has 0 heteroatoms. The molecule has 0 aromatic heterocycles. The first-order valence-electron chi connectivity index (χ1n) is 15.5. The van der Waals surface area contributed by atoms with Crippen molar-refractivity contribution in [1.29, 1.82) is 0 Å². The molecule has 8 rings (SSSR count). The zero-order valence-corrected chi connectivity index (χ0v) is 25.4. The average molecular weight is 563 g/mol. The Balaban J connectivity index is 1.51. The van der Waals surface area contributed by atoms with Crippen molar-refractivity contribution in [1.82, 2.24) is 0 Å². The number of rotatable bonds is 3. The van der Waals surface area contributed by atoms with Crippen LogP contribution in [0.15, 0.2) is 152 Å². The lowest BCUT2D eigenvalue weighted by molar-refractivity contribution is 0.591.